The van der Waals surface area contributed by atoms with Crippen molar-refractivity contribution in [1.82, 2.24) is 14.7 Å². The topological polar surface area (TPSA) is 58.4 Å². The minimum Gasteiger partial charge on any atom is -0.480 e. The van der Waals surface area contributed by atoms with E-state index in [0.717, 1.165) is 22.5 Å². The third-order valence-corrected chi connectivity index (χ3v) is 5.03. The van der Waals surface area contributed by atoms with Gasteiger partial charge in [0.1, 0.15) is 6.04 Å². The molecule has 3 rings (SSSR count). The van der Waals surface area contributed by atoms with Crippen LogP contribution >= 0.6 is 0 Å². The Morgan fingerprint density at radius 3 is 2.48 bits per heavy atom. The van der Waals surface area contributed by atoms with Gasteiger partial charge in [-0.05, 0) is 57.1 Å². The molecular weight excluding hydrogens is 338 g/mol. The molecule has 0 aliphatic carbocycles. The molecule has 0 aliphatic heterocycles. The monoisotopic (exact) mass is 363 g/mol. The van der Waals surface area contributed by atoms with E-state index in [-0.39, 0.29) is 0 Å². The lowest BCUT2D eigenvalue weighted by Gasteiger charge is -2.20. The second-order valence-corrected chi connectivity index (χ2v) is 7.01. The third kappa shape index (κ3) is 4.09. The summed E-state index contributed by atoms with van der Waals surface area (Å²) in [5.41, 5.74) is 6.34. The van der Waals surface area contributed by atoms with Crippen molar-refractivity contribution in [3.8, 4) is 16.9 Å². The molecule has 0 saturated carbocycles. The number of aromatic nitrogens is 2. The van der Waals surface area contributed by atoms with Crippen molar-refractivity contribution < 1.29 is 9.90 Å². The second-order valence-electron chi connectivity index (χ2n) is 7.01. The van der Waals surface area contributed by atoms with Crippen molar-refractivity contribution in [3.63, 3.8) is 0 Å². The molecule has 5 heteroatoms. The normalized spacial score (nSPS) is 12.3. The van der Waals surface area contributed by atoms with Crippen LogP contribution in [-0.4, -0.2) is 38.8 Å². The summed E-state index contributed by atoms with van der Waals surface area (Å²) < 4.78 is 1.86. The molecule has 1 heterocycles. The maximum Gasteiger partial charge on any atom is 0.320 e. The highest BCUT2D eigenvalue weighted by atomic mass is 16.4. The van der Waals surface area contributed by atoms with Crippen LogP contribution in [-0.2, 0) is 11.3 Å². The first-order valence-corrected chi connectivity index (χ1v) is 9.01. The van der Waals surface area contributed by atoms with Gasteiger partial charge in [0.2, 0.25) is 0 Å². The van der Waals surface area contributed by atoms with Crippen LogP contribution in [0.2, 0.25) is 0 Å². The van der Waals surface area contributed by atoms with Crippen LogP contribution < -0.4 is 0 Å². The molecule has 0 aliphatic rings. The van der Waals surface area contributed by atoms with E-state index in [1.165, 1.54) is 11.1 Å². The number of likely N-dealkylation sites (N-methyl/N-ethyl adjacent to an activating group) is 1. The summed E-state index contributed by atoms with van der Waals surface area (Å²) in [7, 11) is 1.82. The highest BCUT2D eigenvalue weighted by Gasteiger charge is 2.20. The van der Waals surface area contributed by atoms with Gasteiger partial charge >= 0.3 is 5.97 Å². The maximum absolute atomic E-state index is 11.3. The van der Waals surface area contributed by atoms with E-state index in [1.807, 2.05) is 53.2 Å². The van der Waals surface area contributed by atoms with Crippen LogP contribution in [0.4, 0.5) is 0 Å². The SMILES string of the molecule is Cc1ccc(-c2nn(-c3ccccc3)cc2CN(C)C(C)C(=O)O)cc1C. The Balaban J connectivity index is 2.05. The zero-order chi connectivity index (χ0) is 19.6. The Hall–Kier alpha value is -2.92. The van der Waals surface area contributed by atoms with Crippen LogP contribution in [0.1, 0.15) is 23.6 Å². The lowest BCUT2D eigenvalue weighted by molar-refractivity contribution is -0.142. The standard InChI is InChI=1S/C22H25N3O2/c1-15-10-11-18(12-16(15)2)21-19(13-24(4)17(3)22(26)27)14-25(23-21)20-8-6-5-7-9-20/h5-12,14,17H,13H2,1-4H3,(H,26,27). The number of para-hydroxylation sites is 1. The molecule has 27 heavy (non-hydrogen) atoms. The maximum atomic E-state index is 11.3. The van der Waals surface area contributed by atoms with Crippen molar-refractivity contribution in [3.05, 3.63) is 71.4 Å². The van der Waals surface area contributed by atoms with Crippen LogP contribution in [0.15, 0.2) is 54.7 Å². The van der Waals surface area contributed by atoms with E-state index in [4.69, 9.17) is 5.10 Å². The lowest BCUT2D eigenvalue weighted by Crippen LogP contribution is -2.35. The van der Waals surface area contributed by atoms with Gasteiger partial charge in [-0.15, -0.1) is 0 Å². The van der Waals surface area contributed by atoms with E-state index in [2.05, 4.69) is 32.0 Å². The second kappa shape index (κ2) is 7.76. The van der Waals surface area contributed by atoms with Crippen molar-refractivity contribution in [2.75, 3.05) is 7.05 Å². The summed E-state index contributed by atoms with van der Waals surface area (Å²) in [4.78, 5) is 13.2. The first-order valence-electron chi connectivity index (χ1n) is 9.01. The summed E-state index contributed by atoms with van der Waals surface area (Å²) >= 11 is 0. The molecule has 0 bridgehead atoms. The molecule has 3 aromatic rings. The van der Waals surface area contributed by atoms with Crippen molar-refractivity contribution in [2.45, 2.75) is 33.4 Å². The number of hydrogen-bond acceptors (Lipinski definition) is 3. The van der Waals surface area contributed by atoms with E-state index >= 15 is 0 Å². The molecule has 0 saturated heterocycles. The molecule has 0 radical (unpaired) electrons. The minimum absolute atomic E-state index is 0.503. The van der Waals surface area contributed by atoms with Gasteiger partial charge < -0.3 is 5.11 Å². The highest BCUT2D eigenvalue weighted by Crippen LogP contribution is 2.27. The van der Waals surface area contributed by atoms with Gasteiger partial charge in [0.05, 0.1) is 11.4 Å². The van der Waals surface area contributed by atoms with Gasteiger partial charge in [0.15, 0.2) is 0 Å². The third-order valence-electron chi connectivity index (χ3n) is 5.03. The van der Waals surface area contributed by atoms with E-state index < -0.39 is 12.0 Å². The smallest absolute Gasteiger partial charge is 0.320 e. The molecule has 0 amide bonds. The van der Waals surface area contributed by atoms with Crippen molar-refractivity contribution >= 4 is 5.97 Å². The number of benzene rings is 2. The van der Waals surface area contributed by atoms with Gasteiger partial charge in [0, 0.05) is 23.9 Å². The summed E-state index contributed by atoms with van der Waals surface area (Å²) in [6.07, 6.45) is 1.99. The Morgan fingerprint density at radius 1 is 1.15 bits per heavy atom. The Morgan fingerprint density at radius 2 is 1.85 bits per heavy atom. The number of nitrogens with zero attached hydrogens (tertiary/aromatic N) is 3. The first kappa shape index (κ1) is 18.9. The summed E-state index contributed by atoms with van der Waals surface area (Å²) in [6.45, 7) is 6.37. The zero-order valence-corrected chi connectivity index (χ0v) is 16.2. The highest BCUT2D eigenvalue weighted by molar-refractivity contribution is 5.73. The summed E-state index contributed by atoms with van der Waals surface area (Å²) in [5.74, 6) is -0.833. The molecule has 1 unspecified atom stereocenters. The Labute approximate surface area is 159 Å². The van der Waals surface area contributed by atoms with Crippen LogP contribution in [0, 0.1) is 13.8 Å². The zero-order valence-electron chi connectivity index (χ0n) is 16.2. The van der Waals surface area contributed by atoms with Crippen LogP contribution in [0.3, 0.4) is 0 Å². The van der Waals surface area contributed by atoms with Crippen LogP contribution in [0.5, 0.6) is 0 Å². The van der Waals surface area contributed by atoms with Gasteiger partial charge in [-0.25, -0.2) is 4.68 Å². The van der Waals surface area contributed by atoms with E-state index in [9.17, 15) is 9.90 Å². The number of rotatable bonds is 6. The van der Waals surface area contributed by atoms with Crippen LogP contribution in [0.25, 0.3) is 16.9 Å². The number of aliphatic carboxylic acids is 1. The summed E-state index contributed by atoms with van der Waals surface area (Å²) in [5, 5.41) is 14.1. The Kier molecular flexibility index (Phi) is 5.42. The quantitative estimate of drug-likeness (QED) is 0.717. The fourth-order valence-corrected chi connectivity index (χ4v) is 2.96. The number of aryl methyl sites for hydroxylation is 2. The molecule has 5 nitrogen and oxygen atoms in total. The van der Waals surface area contributed by atoms with Gasteiger partial charge in [0.25, 0.3) is 0 Å². The molecule has 0 spiro atoms. The fourth-order valence-electron chi connectivity index (χ4n) is 2.96. The predicted octanol–water partition coefficient (Wildman–Crippen LogP) is 4.06. The predicted molar refractivity (Wildman–Crippen MR) is 107 cm³/mol. The molecule has 1 aromatic heterocycles. The summed E-state index contributed by atoms with van der Waals surface area (Å²) in [6, 6.07) is 15.7. The van der Waals surface area contributed by atoms with Crippen molar-refractivity contribution in [2.24, 2.45) is 0 Å². The molecule has 2 aromatic carbocycles. The minimum atomic E-state index is -0.833. The first-order chi connectivity index (χ1) is 12.9. The van der Waals surface area contributed by atoms with Gasteiger partial charge in [-0.2, -0.15) is 5.10 Å². The average molecular weight is 363 g/mol. The average Bonchev–Trinajstić information content (AvgIpc) is 3.07. The van der Waals surface area contributed by atoms with Gasteiger partial charge in [-0.3, -0.25) is 9.69 Å². The Bertz CT molecular complexity index is 947. The van der Waals surface area contributed by atoms with Crippen molar-refractivity contribution in [1.29, 1.82) is 0 Å². The van der Waals surface area contributed by atoms with E-state index in [1.54, 1.807) is 6.92 Å². The fraction of sp³-hybridized carbons (Fsp3) is 0.273. The number of carbonyl (C=O) groups is 1. The molecule has 1 atom stereocenters. The number of carboxylic acids is 1. The molecular formula is C22H25N3O2. The molecule has 140 valence electrons. The lowest BCUT2D eigenvalue weighted by atomic mass is 10.0. The molecule has 0 fully saturated rings. The van der Waals surface area contributed by atoms with E-state index in [0.29, 0.717) is 6.54 Å². The number of hydrogen-bond donors (Lipinski definition) is 1. The largest absolute Gasteiger partial charge is 0.480 e. The molecule has 1 N–H and O–H groups in total. The van der Waals surface area contributed by atoms with Gasteiger partial charge in [-0.1, -0.05) is 30.3 Å². The number of carboxylic acid groups (broad SMARTS) is 1.